The smallest absolute Gasteiger partial charge is 0.236 e. The molecule has 0 radical (unpaired) electrons. The van der Waals surface area contributed by atoms with Gasteiger partial charge in [0.05, 0.1) is 12.6 Å². The molecule has 5 nitrogen and oxygen atoms in total. The number of piperazine rings is 1. The number of hydrogen-bond acceptors (Lipinski definition) is 3. The second-order valence-electron chi connectivity index (χ2n) is 8.71. The molecule has 0 aliphatic carbocycles. The molecule has 1 saturated heterocycles. The predicted octanol–water partition coefficient (Wildman–Crippen LogP) is 4.20. The van der Waals surface area contributed by atoms with E-state index in [0.29, 0.717) is 6.54 Å². The Kier molecular flexibility index (Phi) is 5.94. The molecule has 6 heteroatoms. The van der Waals surface area contributed by atoms with Crippen LogP contribution in [0.25, 0.3) is 0 Å². The fourth-order valence-electron chi connectivity index (χ4n) is 5.02. The van der Waals surface area contributed by atoms with Crippen LogP contribution in [0.15, 0.2) is 66.9 Å². The third-order valence-corrected chi connectivity index (χ3v) is 7.00. The number of amides is 1. The standard InChI is InChI=1S/C26H29ClN4O/c1-20-5-2-3-6-23(20)29-13-16-30(17-14-29)25(32)19-31-18-15-28-12-4-7-24(28)26(31)21-8-10-22(27)11-9-21/h2-12,26H,13-19H2,1H3. The fraction of sp³-hybridized carbons (Fsp3) is 0.346. The SMILES string of the molecule is Cc1ccccc1N1CCN(C(=O)CN2CCn3cccc3C2c2ccc(Cl)cc2)CC1. The van der Waals surface area contributed by atoms with Gasteiger partial charge in [-0.2, -0.15) is 0 Å². The molecule has 1 atom stereocenters. The molecule has 0 bridgehead atoms. The van der Waals surface area contributed by atoms with E-state index in [0.717, 1.165) is 44.3 Å². The Hall–Kier alpha value is -2.76. The Morgan fingerprint density at radius 2 is 1.66 bits per heavy atom. The van der Waals surface area contributed by atoms with Crippen molar-refractivity contribution in [1.82, 2.24) is 14.4 Å². The number of nitrogens with zero attached hydrogens (tertiary/aromatic N) is 4. The van der Waals surface area contributed by atoms with Crippen LogP contribution in [0.5, 0.6) is 0 Å². The molecule has 1 aromatic heterocycles. The minimum atomic E-state index is 0.0632. The maximum atomic E-state index is 13.3. The second kappa shape index (κ2) is 9.00. The molecule has 2 aromatic carbocycles. The molecule has 32 heavy (non-hydrogen) atoms. The van der Waals surface area contributed by atoms with Crippen LogP contribution in [0.3, 0.4) is 0 Å². The van der Waals surface area contributed by atoms with Gasteiger partial charge in [0.25, 0.3) is 0 Å². The number of para-hydroxylation sites is 1. The Morgan fingerprint density at radius 1 is 0.906 bits per heavy atom. The highest BCUT2D eigenvalue weighted by Gasteiger charge is 2.32. The Balaban J connectivity index is 1.28. The fourth-order valence-corrected chi connectivity index (χ4v) is 5.14. The lowest BCUT2D eigenvalue weighted by Gasteiger charge is -2.40. The number of fused-ring (bicyclic) bond motifs is 1. The summed E-state index contributed by atoms with van der Waals surface area (Å²) in [7, 11) is 0. The van der Waals surface area contributed by atoms with Gasteiger partial charge in [-0.1, -0.05) is 41.9 Å². The van der Waals surface area contributed by atoms with Crippen LogP contribution in [0.4, 0.5) is 5.69 Å². The van der Waals surface area contributed by atoms with Gasteiger partial charge in [0.1, 0.15) is 0 Å². The van der Waals surface area contributed by atoms with Crippen molar-refractivity contribution in [3.8, 4) is 0 Å². The van der Waals surface area contributed by atoms with Crippen LogP contribution in [-0.4, -0.2) is 59.5 Å². The van der Waals surface area contributed by atoms with Crippen molar-refractivity contribution in [1.29, 1.82) is 0 Å². The highest BCUT2D eigenvalue weighted by atomic mass is 35.5. The van der Waals surface area contributed by atoms with Gasteiger partial charge in [-0.15, -0.1) is 0 Å². The number of aromatic nitrogens is 1. The Bertz CT molecular complexity index is 1090. The molecule has 2 aliphatic rings. The van der Waals surface area contributed by atoms with Crippen molar-refractivity contribution in [2.75, 3.05) is 44.2 Å². The van der Waals surface area contributed by atoms with Crippen molar-refractivity contribution in [3.05, 3.63) is 88.7 Å². The lowest BCUT2D eigenvalue weighted by Crippen LogP contribution is -2.52. The maximum absolute atomic E-state index is 13.3. The minimum Gasteiger partial charge on any atom is -0.368 e. The number of aryl methyl sites for hydroxylation is 1. The van der Waals surface area contributed by atoms with Crippen LogP contribution in [0, 0.1) is 6.92 Å². The molecular formula is C26H29ClN4O. The number of rotatable bonds is 4. The molecular weight excluding hydrogens is 420 g/mol. The summed E-state index contributed by atoms with van der Waals surface area (Å²) in [5.74, 6) is 0.216. The molecule has 3 heterocycles. The molecule has 0 N–H and O–H groups in total. The molecule has 0 spiro atoms. The molecule has 3 aromatic rings. The first kappa shape index (κ1) is 21.1. The number of hydrogen-bond donors (Lipinski definition) is 0. The highest BCUT2D eigenvalue weighted by Crippen LogP contribution is 2.33. The van der Waals surface area contributed by atoms with E-state index in [1.807, 2.05) is 17.0 Å². The number of halogens is 1. The number of anilines is 1. The van der Waals surface area contributed by atoms with E-state index in [1.54, 1.807) is 0 Å². The van der Waals surface area contributed by atoms with E-state index in [-0.39, 0.29) is 11.9 Å². The van der Waals surface area contributed by atoms with Crippen molar-refractivity contribution >= 4 is 23.2 Å². The molecule has 0 saturated carbocycles. The quantitative estimate of drug-likeness (QED) is 0.599. The number of carbonyl (C=O) groups excluding carboxylic acids is 1. The van der Waals surface area contributed by atoms with Crippen molar-refractivity contribution in [2.24, 2.45) is 0 Å². The lowest BCUT2D eigenvalue weighted by atomic mass is 10.00. The van der Waals surface area contributed by atoms with E-state index in [1.165, 1.54) is 22.5 Å². The van der Waals surface area contributed by atoms with Gasteiger partial charge in [-0.05, 0) is 48.4 Å². The van der Waals surface area contributed by atoms with Gasteiger partial charge in [0.2, 0.25) is 5.91 Å². The minimum absolute atomic E-state index is 0.0632. The predicted molar refractivity (Wildman–Crippen MR) is 129 cm³/mol. The summed E-state index contributed by atoms with van der Waals surface area (Å²) in [6.45, 7) is 7.62. The summed E-state index contributed by atoms with van der Waals surface area (Å²) in [5, 5.41) is 0.731. The average Bonchev–Trinajstić information content (AvgIpc) is 3.29. The van der Waals surface area contributed by atoms with E-state index >= 15 is 0 Å². The third-order valence-electron chi connectivity index (χ3n) is 6.75. The van der Waals surface area contributed by atoms with Gasteiger partial charge >= 0.3 is 0 Å². The van der Waals surface area contributed by atoms with Crippen molar-refractivity contribution in [3.63, 3.8) is 0 Å². The number of benzene rings is 2. The zero-order chi connectivity index (χ0) is 22.1. The van der Waals surface area contributed by atoms with E-state index < -0.39 is 0 Å². The van der Waals surface area contributed by atoms with Crippen LogP contribution in [0.1, 0.15) is 22.9 Å². The summed E-state index contributed by atoms with van der Waals surface area (Å²) in [6.07, 6.45) is 2.13. The second-order valence-corrected chi connectivity index (χ2v) is 9.14. The molecule has 1 amide bonds. The Labute approximate surface area is 194 Å². The van der Waals surface area contributed by atoms with Crippen LogP contribution in [-0.2, 0) is 11.3 Å². The summed E-state index contributed by atoms with van der Waals surface area (Å²) in [6, 6.07) is 20.8. The zero-order valence-electron chi connectivity index (χ0n) is 18.5. The monoisotopic (exact) mass is 448 g/mol. The van der Waals surface area contributed by atoms with E-state index in [4.69, 9.17) is 11.6 Å². The van der Waals surface area contributed by atoms with Crippen LogP contribution >= 0.6 is 11.6 Å². The Morgan fingerprint density at radius 3 is 2.41 bits per heavy atom. The molecule has 1 fully saturated rings. The molecule has 1 unspecified atom stereocenters. The first-order valence-electron chi connectivity index (χ1n) is 11.3. The lowest BCUT2D eigenvalue weighted by molar-refractivity contribution is -0.133. The average molecular weight is 449 g/mol. The first-order chi connectivity index (χ1) is 15.6. The van der Waals surface area contributed by atoms with Gasteiger partial charge in [0.15, 0.2) is 0 Å². The number of carbonyl (C=O) groups is 1. The van der Waals surface area contributed by atoms with Gasteiger partial charge < -0.3 is 14.4 Å². The summed E-state index contributed by atoms with van der Waals surface area (Å²) in [5.41, 5.74) is 4.97. The van der Waals surface area contributed by atoms with Gasteiger partial charge in [-0.3, -0.25) is 9.69 Å². The maximum Gasteiger partial charge on any atom is 0.236 e. The topological polar surface area (TPSA) is 31.7 Å². The van der Waals surface area contributed by atoms with Gasteiger partial charge in [0, 0.05) is 61.9 Å². The van der Waals surface area contributed by atoms with Crippen LogP contribution in [0.2, 0.25) is 5.02 Å². The molecule has 5 rings (SSSR count). The van der Waals surface area contributed by atoms with Gasteiger partial charge in [-0.25, -0.2) is 0 Å². The van der Waals surface area contributed by atoms with Crippen molar-refractivity contribution < 1.29 is 4.79 Å². The normalized spacial score (nSPS) is 19.1. The zero-order valence-corrected chi connectivity index (χ0v) is 19.2. The molecule has 166 valence electrons. The highest BCUT2D eigenvalue weighted by molar-refractivity contribution is 6.30. The summed E-state index contributed by atoms with van der Waals surface area (Å²) in [4.78, 5) is 20.0. The van der Waals surface area contributed by atoms with Crippen molar-refractivity contribution in [2.45, 2.75) is 19.5 Å². The van der Waals surface area contributed by atoms with E-state index in [2.05, 4.69) is 76.0 Å². The molecule has 2 aliphatic heterocycles. The summed E-state index contributed by atoms with van der Waals surface area (Å²) < 4.78 is 2.29. The largest absolute Gasteiger partial charge is 0.368 e. The third kappa shape index (κ3) is 4.15. The van der Waals surface area contributed by atoms with E-state index in [9.17, 15) is 4.79 Å². The first-order valence-corrected chi connectivity index (χ1v) is 11.7. The van der Waals surface area contributed by atoms with Crippen LogP contribution < -0.4 is 4.90 Å². The summed E-state index contributed by atoms with van der Waals surface area (Å²) >= 11 is 6.13.